The first-order valence-corrected chi connectivity index (χ1v) is 16.5. The smallest absolute Gasteiger partial charge is 0.272 e. The van der Waals surface area contributed by atoms with Crippen molar-refractivity contribution < 1.29 is 14.4 Å². The van der Waals surface area contributed by atoms with E-state index in [1.54, 1.807) is 66.7 Å². The predicted octanol–water partition coefficient (Wildman–Crippen LogP) is 8.94. The molecule has 0 spiro atoms. The minimum absolute atomic E-state index is 0.0689. The lowest BCUT2D eigenvalue weighted by Crippen LogP contribution is -2.30. The molecule has 1 unspecified atom stereocenters. The number of nitrogens with one attached hydrogen (secondary N) is 3. The van der Waals surface area contributed by atoms with Gasteiger partial charge in [-0.25, -0.2) is 0 Å². The molecule has 5 rings (SSSR count). The summed E-state index contributed by atoms with van der Waals surface area (Å²) in [6.45, 7) is 0. The Morgan fingerprint density at radius 3 is 2.10 bits per heavy atom. The zero-order valence-electron chi connectivity index (χ0n) is 26.1. The van der Waals surface area contributed by atoms with Crippen molar-refractivity contribution in [2.24, 2.45) is 0 Å². The molecule has 0 radical (unpaired) electrons. The molecule has 5 aromatic rings. The van der Waals surface area contributed by atoms with Crippen molar-refractivity contribution in [3.63, 3.8) is 0 Å². The molecule has 0 saturated heterocycles. The summed E-state index contributed by atoms with van der Waals surface area (Å²) in [6.07, 6.45) is 1.63. The van der Waals surface area contributed by atoms with Crippen molar-refractivity contribution >= 4 is 75.8 Å². The minimum atomic E-state index is -0.655. The van der Waals surface area contributed by atoms with Crippen molar-refractivity contribution in [2.45, 2.75) is 10.1 Å². The SMILES string of the molecule is CN(C)c1ccc(/C=C(/NC(=O)c2ccccc2)C(=O)Nc2cccc(SC(C(=O)Nc3cccc(Cl)c3Cl)c3ccccc3)c2)cc1. The molecule has 0 aliphatic heterocycles. The number of benzene rings is 5. The van der Waals surface area contributed by atoms with Gasteiger partial charge in [-0.3, -0.25) is 14.4 Å². The second-order valence-electron chi connectivity index (χ2n) is 10.8. The number of thioether (sulfide) groups is 1. The fourth-order valence-electron chi connectivity index (χ4n) is 4.66. The van der Waals surface area contributed by atoms with Crippen LogP contribution in [0.3, 0.4) is 0 Å². The molecule has 0 aliphatic rings. The van der Waals surface area contributed by atoms with Crippen LogP contribution in [-0.2, 0) is 9.59 Å². The highest BCUT2D eigenvalue weighted by Crippen LogP contribution is 2.38. The molecule has 0 aliphatic carbocycles. The Balaban J connectivity index is 1.39. The average molecular weight is 696 g/mol. The van der Waals surface area contributed by atoms with Crippen molar-refractivity contribution in [3.8, 4) is 0 Å². The van der Waals surface area contributed by atoms with Crippen molar-refractivity contribution in [3.05, 3.63) is 160 Å². The summed E-state index contributed by atoms with van der Waals surface area (Å²) in [4.78, 5) is 43.1. The number of amides is 3. The molecule has 5 aromatic carbocycles. The first-order valence-electron chi connectivity index (χ1n) is 14.9. The van der Waals surface area contributed by atoms with E-state index in [2.05, 4.69) is 16.0 Å². The number of halogens is 2. The number of hydrogen-bond donors (Lipinski definition) is 3. The summed E-state index contributed by atoms with van der Waals surface area (Å²) in [5, 5.41) is 8.52. The van der Waals surface area contributed by atoms with Gasteiger partial charge in [-0.15, -0.1) is 11.8 Å². The van der Waals surface area contributed by atoms with Crippen LogP contribution >= 0.6 is 35.0 Å². The molecular formula is C38H32Cl2N4O3S. The third kappa shape index (κ3) is 9.07. The van der Waals surface area contributed by atoms with Crippen LogP contribution in [0.5, 0.6) is 0 Å². The van der Waals surface area contributed by atoms with Crippen LogP contribution in [0.2, 0.25) is 10.0 Å². The quantitative estimate of drug-likeness (QED) is 0.0949. The topological polar surface area (TPSA) is 90.5 Å². The molecule has 0 bridgehead atoms. The van der Waals surface area contributed by atoms with Gasteiger partial charge in [0.2, 0.25) is 5.91 Å². The van der Waals surface area contributed by atoms with Crippen LogP contribution in [-0.4, -0.2) is 31.8 Å². The molecule has 242 valence electrons. The number of anilines is 3. The summed E-state index contributed by atoms with van der Waals surface area (Å²) in [6, 6.07) is 37.9. The van der Waals surface area contributed by atoms with Gasteiger partial charge in [0.15, 0.2) is 0 Å². The van der Waals surface area contributed by atoms with Gasteiger partial charge in [-0.1, -0.05) is 96.0 Å². The lowest BCUT2D eigenvalue weighted by molar-refractivity contribution is -0.116. The molecule has 0 aromatic heterocycles. The Bertz CT molecular complexity index is 1940. The van der Waals surface area contributed by atoms with Gasteiger partial charge in [0, 0.05) is 35.9 Å². The molecule has 3 N–H and O–H groups in total. The maximum atomic E-state index is 13.7. The Kier molecular flexibility index (Phi) is 11.6. The monoisotopic (exact) mass is 694 g/mol. The maximum Gasteiger partial charge on any atom is 0.272 e. The van der Waals surface area contributed by atoms with Crippen molar-refractivity contribution in [2.75, 3.05) is 29.6 Å². The first-order chi connectivity index (χ1) is 23.2. The molecule has 10 heteroatoms. The second-order valence-corrected chi connectivity index (χ2v) is 12.8. The second kappa shape index (κ2) is 16.2. The zero-order valence-corrected chi connectivity index (χ0v) is 28.4. The average Bonchev–Trinajstić information content (AvgIpc) is 3.10. The van der Waals surface area contributed by atoms with Crippen molar-refractivity contribution in [1.82, 2.24) is 5.32 Å². The van der Waals surface area contributed by atoms with E-state index in [-0.39, 0.29) is 16.6 Å². The highest BCUT2D eigenvalue weighted by molar-refractivity contribution is 8.00. The lowest BCUT2D eigenvalue weighted by Gasteiger charge is -2.18. The van der Waals surface area contributed by atoms with Gasteiger partial charge in [0.1, 0.15) is 10.9 Å². The summed E-state index contributed by atoms with van der Waals surface area (Å²) < 4.78 is 0. The third-order valence-electron chi connectivity index (χ3n) is 7.15. The summed E-state index contributed by atoms with van der Waals surface area (Å²) in [5.74, 6) is -1.22. The van der Waals surface area contributed by atoms with Crippen LogP contribution in [0.1, 0.15) is 26.7 Å². The van der Waals surface area contributed by atoms with Crippen LogP contribution in [0.25, 0.3) is 6.08 Å². The van der Waals surface area contributed by atoms with Crippen LogP contribution in [0.4, 0.5) is 17.1 Å². The molecule has 7 nitrogen and oxygen atoms in total. The van der Waals surface area contributed by atoms with E-state index in [9.17, 15) is 14.4 Å². The number of carbonyl (C=O) groups excluding carboxylic acids is 3. The summed E-state index contributed by atoms with van der Waals surface area (Å²) in [5.41, 5.74) is 3.89. The molecule has 0 fully saturated rings. The number of rotatable bonds is 11. The van der Waals surface area contributed by atoms with Crippen LogP contribution in [0.15, 0.2) is 138 Å². The maximum absolute atomic E-state index is 13.7. The Labute approximate surface area is 294 Å². The molecule has 0 heterocycles. The first kappa shape index (κ1) is 34.3. The molecular weight excluding hydrogens is 663 g/mol. The van der Waals surface area contributed by atoms with E-state index < -0.39 is 17.1 Å². The largest absolute Gasteiger partial charge is 0.378 e. The Morgan fingerprint density at radius 2 is 1.42 bits per heavy atom. The summed E-state index contributed by atoms with van der Waals surface area (Å²) >= 11 is 13.8. The van der Waals surface area contributed by atoms with E-state index in [0.717, 1.165) is 21.7 Å². The third-order valence-corrected chi connectivity index (χ3v) is 9.21. The predicted molar refractivity (Wildman–Crippen MR) is 198 cm³/mol. The number of nitrogens with zero attached hydrogens (tertiary/aromatic N) is 1. The van der Waals surface area contributed by atoms with E-state index in [1.165, 1.54) is 11.8 Å². The fourth-order valence-corrected chi connectivity index (χ4v) is 6.09. The molecule has 48 heavy (non-hydrogen) atoms. The zero-order chi connectivity index (χ0) is 34.0. The van der Waals surface area contributed by atoms with E-state index in [1.807, 2.05) is 85.7 Å². The molecule has 0 saturated carbocycles. The summed E-state index contributed by atoms with van der Waals surface area (Å²) in [7, 11) is 3.89. The van der Waals surface area contributed by atoms with Crippen LogP contribution < -0.4 is 20.9 Å². The molecule has 3 amide bonds. The van der Waals surface area contributed by atoms with Gasteiger partial charge < -0.3 is 20.9 Å². The van der Waals surface area contributed by atoms with E-state index in [0.29, 0.717) is 22.0 Å². The van der Waals surface area contributed by atoms with Gasteiger partial charge in [-0.2, -0.15) is 0 Å². The Hall–Kier alpha value is -5.02. The normalized spacial score (nSPS) is 11.7. The van der Waals surface area contributed by atoms with Gasteiger partial charge in [0.25, 0.3) is 11.8 Å². The minimum Gasteiger partial charge on any atom is -0.378 e. The van der Waals surface area contributed by atoms with Gasteiger partial charge >= 0.3 is 0 Å². The van der Waals surface area contributed by atoms with Gasteiger partial charge in [-0.05, 0) is 71.8 Å². The lowest BCUT2D eigenvalue weighted by atomic mass is 10.1. The Morgan fingerprint density at radius 1 is 0.750 bits per heavy atom. The van der Waals surface area contributed by atoms with Gasteiger partial charge in [0.05, 0.1) is 15.7 Å². The van der Waals surface area contributed by atoms with E-state index >= 15 is 0 Å². The standard InChI is InChI=1S/C38H32Cl2N4O3S/c1-44(2)29-21-19-25(20-22-29)23-33(43-36(45)27-13-7-4-8-14-27)37(46)41-28-15-9-16-30(24-28)48-35(26-11-5-3-6-12-26)38(47)42-32-18-10-17-31(39)34(32)40/h3-24,35H,1-2H3,(H,41,46)(H,42,47)(H,43,45)/b33-23+. The fraction of sp³-hybridized carbons (Fsp3) is 0.0789. The van der Waals surface area contributed by atoms with Crippen LogP contribution in [0, 0.1) is 0 Å². The van der Waals surface area contributed by atoms with Crippen molar-refractivity contribution in [1.29, 1.82) is 0 Å². The highest BCUT2D eigenvalue weighted by atomic mass is 35.5. The highest BCUT2D eigenvalue weighted by Gasteiger charge is 2.24. The number of hydrogen-bond acceptors (Lipinski definition) is 5. The van der Waals surface area contributed by atoms with E-state index in [4.69, 9.17) is 23.2 Å². The molecule has 1 atom stereocenters. The number of carbonyl (C=O) groups is 3.